The third kappa shape index (κ3) is 1.49. The lowest BCUT2D eigenvalue weighted by Gasteiger charge is -2.17. The lowest BCUT2D eigenvalue weighted by molar-refractivity contribution is 0.150. The first-order valence-corrected chi connectivity index (χ1v) is 5.43. The highest BCUT2D eigenvalue weighted by molar-refractivity contribution is 8.08. The molecule has 13 heavy (non-hydrogen) atoms. The van der Waals surface area contributed by atoms with Crippen molar-refractivity contribution in [1.29, 1.82) is 0 Å². The average molecular weight is 194 g/mol. The third-order valence-corrected chi connectivity index (χ3v) is 4.51. The highest BCUT2D eigenvalue weighted by atomic mass is 32.2. The minimum Gasteiger partial charge on any atom is -0.387 e. The predicted molar refractivity (Wildman–Crippen MR) is 56.9 cm³/mol. The minimum atomic E-state index is -0.325. The van der Waals surface area contributed by atoms with Crippen LogP contribution in [0.3, 0.4) is 0 Å². The molecule has 1 heterocycles. The van der Waals surface area contributed by atoms with E-state index in [1.165, 1.54) is 0 Å². The van der Waals surface area contributed by atoms with Gasteiger partial charge in [-0.25, -0.2) is 0 Å². The molecule has 0 amide bonds. The fourth-order valence-electron chi connectivity index (χ4n) is 1.60. The van der Waals surface area contributed by atoms with Crippen molar-refractivity contribution in [3.63, 3.8) is 0 Å². The first-order chi connectivity index (χ1) is 6.14. The van der Waals surface area contributed by atoms with Crippen LogP contribution >= 0.6 is 11.8 Å². The van der Waals surface area contributed by atoms with Crippen molar-refractivity contribution in [2.45, 2.75) is 29.9 Å². The smallest absolute Gasteiger partial charge is 0.0944 e. The lowest BCUT2D eigenvalue weighted by atomic mass is 9.95. The molecule has 1 nitrogen and oxygen atoms in total. The second-order valence-corrected chi connectivity index (χ2v) is 5.58. The highest BCUT2D eigenvalue weighted by Gasteiger charge is 2.53. The maximum atomic E-state index is 10.1. The first-order valence-electron chi connectivity index (χ1n) is 4.55. The van der Waals surface area contributed by atoms with Crippen molar-refractivity contribution >= 4 is 11.8 Å². The summed E-state index contributed by atoms with van der Waals surface area (Å²) < 4.78 is 0.0430. The summed E-state index contributed by atoms with van der Waals surface area (Å²) in [5.41, 5.74) is 1.03. The number of hydrogen-bond acceptors (Lipinski definition) is 2. The van der Waals surface area contributed by atoms with E-state index in [-0.39, 0.29) is 10.9 Å². The summed E-state index contributed by atoms with van der Waals surface area (Å²) in [4.78, 5) is 0. The third-order valence-electron chi connectivity index (χ3n) is 2.84. The lowest BCUT2D eigenvalue weighted by Crippen LogP contribution is -2.19. The number of benzene rings is 1. The van der Waals surface area contributed by atoms with Gasteiger partial charge in [0.05, 0.1) is 10.9 Å². The normalized spacial score (nSPS) is 34.2. The molecule has 70 valence electrons. The Kier molecular flexibility index (Phi) is 2.12. The monoisotopic (exact) mass is 194 g/mol. The zero-order valence-electron chi connectivity index (χ0n) is 7.90. The van der Waals surface area contributed by atoms with Gasteiger partial charge in [0.2, 0.25) is 0 Å². The summed E-state index contributed by atoms with van der Waals surface area (Å²) in [6.07, 6.45) is -0.325. The Hall–Kier alpha value is -0.470. The molecule has 0 aliphatic carbocycles. The predicted octanol–water partition coefficient (Wildman–Crippen LogP) is 2.61. The Morgan fingerprint density at radius 3 is 2.38 bits per heavy atom. The molecule has 0 spiro atoms. The van der Waals surface area contributed by atoms with Gasteiger partial charge in [-0.15, -0.1) is 11.8 Å². The second kappa shape index (κ2) is 3.03. The van der Waals surface area contributed by atoms with E-state index in [2.05, 4.69) is 13.8 Å². The molecule has 2 rings (SSSR count). The maximum Gasteiger partial charge on any atom is 0.0944 e. The summed E-state index contributed by atoms with van der Waals surface area (Å²) in [5, 5.41) is 10.6. The molecule has 1 aromatic carbocycles. The molecule has 1 fully saturated rings. The van der Waals surface area contributed by atoms with Gasteiger partial charge in [-0.1, -0.05) is 37.3 Å². The van der Waals surface area contributed by atoms with Gasteiger partial charge in [-0.2, -0.15) is 0 Å². The van der Waals surface area contributed by atoms with Gasteiger partial charge in [0.1, 0.15) is 0 Å². The van der Waals surface area contributed by atoms with Crippen LogP contribution in [0.15, 0.2) is 30.3 Å². The van der Waals surface area contributed by atoms with Gasteiger partial charge >= 0.3 is 0 Å². The van der Waals surface area contributed by atoms with E-state index in [4.69, 9.17) is 0 Å². The molecule has 0 saturated carbocycles. The molecular formula is C11H14OS. The van der Waals surface area contributed by atoms with E-state index in [0.29, 0.717) is 5.25 Å². The Morgan fingerprint density at radius 2 is 1.92 bits per heavy atom. The van der Waals surface area contributed by atoms with Crippen LogP contribution in [0.5, 0.6) is 0 Å². The fourth-order valence-corrected chi connectivity index (χ4v) is 2.69. The summed E-state index contributed by atoms with van der Waals surface area (Å²) in [6, 6.07) is 9.89. The van der Waals surface area contributed by atoms with Crippen LogP contribution in [-0.4, -0.2) is 15.1 Å². The minimum absolute atomic E-state index is 0.0430. The largest absolute Gasteiger partial charge is 0.387 e. The van der Waals surface area contributed by atoms with Crippen LogP contribution in [0, 0.1) is 0 Å². The number of hydrogen-bond donors (Lipinski definition) is 1. The molecule has 2 heteroatoms. The standard InChI is InChI=1S/C11H14OS/c1-8-11(2,13-8)10(12)9-6-4-3-5-7-9/h3-8,10,12H,1-2H3. The highest BCUT2D eigenvalue weighted by Crippen LogP contribution is 2.59. The quantitative estimate of drug-likeness (QED) is 0.730. The van der Waals surface area contributed by atoms with Crippen molar-refractivity contribution < 1.29 is 5.11 Å². The van der Waals surface area contributed by atoms with Gasteiger partial charge in [-0.3, -0.25) is 0 Å². The van der Waals surface area contributed by atoms with Crippen LogP contribution in [0.4, 0.5) is 0 Å². The second-order valence-electron chi connectivity index (χ2n) is 3.76. The van der Waals surface area contributed by atoms with Crippen LogP contribution < -0.4 is 0 Å². The van der Waals surface area contributed by atoms with Gasteiger partial charge in [0, 0.05) is 5.25 Å². The summed E-state index contributed by atoms with van der Waals surface area (Å²) >= 11 is 1.85. The van der Waals surface area contributed by atoms with E-state index < -0.39 is 0 Å². The number of aliphatic hydroxyl groups excluding tert-OH is 1. The Balaban J connectivity index is 2.19. The summed E-state index contributed by atoms with van der Waals surface area (Å²) in [7, 11) is 0. The summed E-state index contributed by atoms with van der Waals surface area (Å²) in [5.74, 6) is 0. The van der Waals surface area contributed by atoms with Crippen molar-refractivity contribution in [3.05, 3.63) is 35.9 Å². The Labute approximate surface area is 83.2 Å². The molecule has 0 radical (unpaired) electrons. The Bertz CT molecular complexity index is 298. The SMILES string of the molecule is CC1SC1(C)C(O)c1ccccc1. The van der Waals surface area contributed by atoms with E-state index in [0.717, 1.165) is 5.56 Å². The Morgan fingerprint density at radius 1 is 1.38 bits per heavy atom. The molecule has 3 atom stereocenters. The van der Waals surface area contributed by atoms with Crippen molar-refractivity contribution in [2.24, 2.45) is 0 Å². The molecule has 1 N–H and O–H groups in total. The van der Waals surface area contributed by atoms with Crippen LogP contribution in [-0.2, 0) is 0 Å². The van der Waals surface area contributed by atoms with E-state index in [1.54, 1.807) is 0 Å². The van der Waals surface area contributed by atoms with Crippen molar-refractivity contribution in [2.75, 3.05) is 0 Å². The number of thioether (sulfide) groups is 1. The average Bonchev–Trinajstić information content (AvgIpc) is 2.76. The van der Waals surface area contributed by atoms with Crippen molar-refractivity contribution in [1.82, 2.24) is 0 Å². The van der Waals surface area contributed by atoms with Gasteiger partial charge in [-0.05, 0) is 12.5 Å². The summed E-state index contributed by atoms with van der Waals surface area (Å²) in [6.45, 7) is 4.29. The molecule has 1 aromatic rings. The maximum absolute atomic E-state index is 10.1. The number of rotatable bonds is 2. The zero-order valence-corrected chi connectivity index (χ0v) is 8.71. The van der Waals surface area contributed by atoms with E-state index in [9.17, 15) is 5.11 Å². The van der Waals surface area contributed by atoms with Gasteiger partial charge < -0.3 is 5.11 Å². The topological polar surface area (TPSA) is 20.2 Å². The van der Waals surface area contributed by atoms with Gasteiger partial charge in [0.25, 0.3) is 0 Å². The number of aliphatic hydroxyl groups is 1. The first kappa shape index (κ1) is 9.10. The molecule has 0 aromatic heterocycles. The molecule has 1 aliphatic rings. The van der Waals surface area contributed by atoms with Gasteiger partial charge in [0.15, 0.2) is 0 Å². The van der Waals surface area contributed by atoms with Crippen LogP contribution in [0.2, 0.25) is 0 Å². The molecular weight excluding hydrogens is 180 g/mol. The van der Waals surface area contributed by atoms with E-state index in [1.807, 2.05) is 42.1 Å². The molecule has 1 saturated heterocycles. The van der Waals surface area contributed by atoms with Crippen LogP contribution in [0.25, 0.3) is 0 Å². The zero-order chi connectivity index (χ0) is 9.47. The fraction of sp³-hybridized carbons (Fsp3) is 0.455. The van der Waals surface area contributed by atoms with Crippen molar-refractivity contribution in [3.8, 4) is 0 Å². The molecule has 1 aliphatic heterocycles. The van der Waals surface area contributed by atoms with E-state index >= 15 is 0 Å². The molecule has 3 unspecified atom stereocenters. The molecule has 0 bridgehead atoms. The van der Waals surface area contributed by atoms with Crippen LogP contribution in [0.1, 0.15) is 25.5 Å².